The van der Waals surface area contributed by atoms with Gasteiger partial charge in [0.05, 0.1) is 35.9 Å². The second-order valence-electron chi connectivity index (χ2n) is 5.01. The molecule has 0 aliphatic rings. The molecule has 0 amide bonds. The van der Waals surface area contributed by atoms with Crippen LogP contribution >= 0.6 is 11.6 Å². The van der Waals surface area contributed by atoms with Crippen LogP contribution in [0.25, 0.3) is 11.6 Å². The highest BCUT2D eigenvalue weighted by Crippen LogP contribution is 2.35. The van der Waals surface area contributed by atoms with Crippen molar-refractivity contribution < 1.29 is 19.4 Å². The van der Waals surface area contributed by atoms with Gasteiger partial charge in [-0.3, -0.25) is 0 Å². The van der Waals surface area contributed by atoms with Crippen LogP contribution in [0.5, 0.6) is 11.5 Å². The molecule has 0 aliphatic carbocycles. The zero-order valence-electron chi connectivity index (χ0n) is 13.7. The quantitative estimate of drug-likeness (QED) is 0.607. The van der Waals surface area contributed by atoms with Crippen molar-refractivity contribution in [3.05, 3.63) is 58.1 Å². The van der Waals surface area contributed by atoms with Crippen LogP contribution in [0.15, 0.2) is 36.4 Å². The van der Waals surface area contributed by atoms with Crippen molar-refractivity contribution in [1.82, 2.24) is 0 Å². The molecule has 128 valence electrons. The van der Waals surface area contributed by atoms with E-state index < -0.39 is 5.97 Å². The van der Waals surface area contributed by atoms with Crippen molar-refractivity contribution in [1.29, 1.82) is 5.26 Å². The van der Waals surface area contributed by atoms with Gasteiger partial charge in [-0.05, 0) is 42.3 Å². The summed E-state index contributed by atoms with van der Waals surface area (Å²) in [6.45, 7) is 2.32. The summed E-state index contributed by atoms with van der Waals surface area (Å²) in [5, 5.41) is 18.8. The molecule has 0 radical (unpaired) electrons. The normalized spacial score (nSPS) is 10.9. The van der Waals surface area contributed by atoms with E-state index in [-0.39, 0.29) is 5.56 Å². The predicted molar refractivity (Wildman–Crippen MR) is 96.1 cm³/mol. The standard InChI is InChI=1S/C19H16ClNO4/c1-3-25-18-9-14(16(20)10-17(18)24-2)8-15(11-21)12-4-6-13(7-5-12)19(22)23/h4-10H,3H2,1-2H3,(H,22,23)/b15-8-. The first-order chi connectivity index (χ1) is 12.0. The van der Waals surface area contributed by atoms with Crippen molar-refractivity contribution in [3.8, 4) is 17.6 Å². The summed E-state index contributed by atoms with van der Waals surface area (Å²) in [5.74, 6) is 0.0149. The van der Waals surface area contributed by atoms with Crippen LogP contribution < -0.4 is 9.47 Å². The summed E-state index contributed by atoms with van der Waals surface area (Å²) in [6.07, 6.45) is 1.63. The number of benzene rings is 2. The summed E-state index contributed by atoms with van der Waals surface area (Å²) >= 11 is 6.27. The summed E-state index contributed by atoms with van der Waals surface area (Å²) < 4.78 is 10.8. The van der Waals surface area contributed by atoms with Crippen molar-refractivity contribution in [2.75, 3.05) is 13.7 Å². The highest BCUT2D eigenvalue weighted by molar-refractivity contribution is 6.32. The fraction of sp³-hybridized carbons (Fsp3) is 0.158. The van der Waals surface area contributed by atoms with Gasteiger partial charge in [-0.25, -0.2) is 4.79 Å². The van der Waals surface area contributed by atoms with Gasteiger partial charge in [0.1, 0.15) is 0 Å². The molecule has 0 saturated carbocycles. The Kier molecular flexibility index (Phi) is 6.04. The van der Waals surface area contributed by atoms with Crippen molar-refractivity contribution in [2.45, 2.75) is 6.92 Å². The van der Waals surface area contributed by atoms with Crippen LogP contribution in [0.4, 0.5) is 0 Å². The van der Waals surface area contributed by atoms with Gasteiger partial charge >= 0.3 is 5.97 Å². The predicted octanol–water partition coefficient (Wildman–Crippen LogP) is 4.51. The zero-order chi connectivity index (χ0) is 18.4. The number of allylic oxidation sites excluding steroid dienone is 1. The summed E-state index contributed by atoms with van der Waals surface area (Å²) in [7, 11) is 1.52. The smallest absolute Gasteiger partial charge is 0.335 e. The monoisotopic (exact) mass is 357 g/mol. The Hall–Kier alpha value is -2.97. The number of halogens is 1. The van der Waals surface area contributed by atoms with Crippen LogP contribution in [-0.2, 0) is 0 Å². The fourth-order valence-corrected chi connectivity index (χ4v) is 2.43. The molecule has 25 heavy (non-hydrogen) atoms. The third-order valence-corrected chi connectivity index (χ3v) is 3.77. The van der Waals surface area contributed by atoms with Gasteiger partial charge in [-0.2, -0.15) is 5.26 Å². The lowest BCUT2D eigenvalue weighted by Gasteiger charge is -2.11. The Morgan fingerprint density at radius 3 is 2.40 bits per heavy atom. The Morgan fingerprint density at radius 2 is 1.88 bits per heavy atom. The molecule has 0 fully saturated rings. The van der Waals surface area contributed by atoms with Gasteiger partial charge < -0.3 is 14.6 Å². The molecule has 0 heterocycles. The van der Waals surface area contributed by atoms with Gasteiger partial charge in [0, 0.05) is 6.07 Å². The average Bonchev–Trinajstić information content (AvgIpc) is 2.62. The summed E-state index contributed by atoms with van der Waals surface area (Å²) in [4.78, 5) is 10.9. The molecule has 2 rings (SSSR count). The number of ether oxygens (including phenoxy) is 2. The van der Waals surface area contributed by atoms with Crippen LogP contribution in [0.2, 0.25) is 5.02 Å². The number of methoxy groups -OCH3 is 1. The Bertz CT molecular complexity index is 851. The molecule has 0 aromatic heterocycles. The number of nitriles is 1. The highest BCUT2D eigenvalue weighted by atomic mass is 35.5. The lowest BCUT2D eigenvalue weighted by Crippen LogP contribution is -1.97. The number of nitrogens with zero attached hydrogens (tertiary/aromatic N) is 1. The number of hydrogen-bond donors (Lipinski definition) is 1. The SMILES string of the molecule is CCOc1cc(/C=C(/C#N)c2ccc(C(=O)O)cc2)c(Cl)cc1OC. The largest absolute Gasteiger partial charge is 0.493 e. The molecule has 0 atom stereocenters. The Balaban J connectivity index is 2.47. The van der Waals surface area contributed by atoms with Crippen LogP contribution in [-0.4, -0.2) is 24.8 Å². The maximum absolute atomic E-state index is 10.9. The zero-order valence-corrected chi connectivity index (χ0v) is 14.5. The van der Waals surface area contributed by atoms with Gasteiger partial charge in [-0.1, -0.05) is 23.7 Å². The van der Waals surface area contributed by atoms with E-state index in [0.29, 0.717) is 39.8 Å². The minimum absolute atomic E-state index is 0.155. The molecular formula is C19H16ClNO4. The van der Waals surface area contributed by atoms with Crippen molar-refractivity contribution >= 4 is 29.2 Å². The molecule has 0 bridgehead atoms. The van der Waals surface area contributed by atoms with Crippen molar-refractivity contribution in [3.63, 3.8) is 0 Å². The maximum Gasteiger partial charge on any atom is 0.335 e. The molecule has 0 saturated heterocycles. The number of rotatable bonds is 6. The summed E-state index contributed by atoms with van der Waals surface area (Å²) in [6, 6.07) is 11.5. The number of aromatic carboxylic acids is 1. The van der Waals surface area contributed by atoms with E-state index in [1.54, 1.807) is 30.3 Å². The van der Waals surface area contributed by atoms with E-state index in [1.165, 1.54) is 19.2 Å². The number of carboxylic acid groups (broad SMARTS) is 1. The van der Waals surface area contributed by atoms with E-state index in [2.05, 4.69) is 6.07 Å². The molecule has 6 heteroatoms. The third-order valence-electron chi connectivity index (χ3n) is 3.45. The molecule has 0 aliphatic heterocycles. The third kappa shape index (κ3) is 4.31. The fourth-order valence-electron chi connectivity index (χ4n) is 2.22. The number of hydrogen-bond acceptors (Lipinski definition) is 4. The van der Waals surface area contributed by atoms with E-state index in [9.17, 15) is 10.1 Å². The lowest BCUT2D eigenvalue weighted by molar-refractivity contribution is 0.0697. The summed E-state index contributed by atoms with van der Waals surface area (Å²) in [5.41, 5.74) is 1.70. The van der Waals surface area contributed by atoms with Gasteiger partial charge in [0.15, 0.2) is 11.5 Å². The highest BCUT2D eigenvalue weighted by Gasteiger charge is 2.11. The average molecular weight is 358 g/mol. The Morgan fingerprint density at radius 1 is 1.24 bits per heavy atom. The first-order valence-electron chi connectivity index (χ1n) is 7.46. The lowest BCUT2D eigenvalue weighted by atomic mass is 10.0. The first kappa shape index (κ1) is 18.4. The number of carbonyl (C=O) groups is 1. The number of carboxylic acids is 1. The van der Waals surface area contributed by atoms with Crippen LogP contribution in [0.1, 0.15) is 28.4 Å². The molecule has 2 aromatic rings. The van der Waals surface area contributed by atoms with Crippen LogP contribution in [0.3, 0.4) is 0 Å². The van der Waals surface area contributed by atoms with Crippen LogP contribution in [0, 0.1) is 11.3 Å². The van der Waals surface area contributed by atoms with E-state index in [1.807, 2.05) is 6.92 Å². The van der Waals surface area contributed by atoms with Gasteiger partial charge in [0.25, 0.3) is 0 Å². The topological polar surface area (TPSA) is 79.5 Å². The van der Waals surface area contributed by atoms with E-state index in [4.69, 9.17) is 26.2 Å². The van der Waals surface area contributed by atoms with E-state index >= 15 is 0 Å². The second kappa shape index (κ2) is 8.22. The van der Waals surface area contributed by atoms with Crippen molar-refractivity contribution in [2.24, 2.45) is 0 Å². The molecule has 5 nitrogen and oxygen atoms in total. The molecule has 2 aromatic carbocycles. The second-order valence-corrected chi connectivity index (χ2v) is 5.42. The van der Waals surface area contributed by atoms with Gasteiger partial charge in [0.2, 0.25) is 0 Å². The molecule has 0 spiro atoms. The maximum atomic E-state index is 10.9. The minimum Gasteiger partial charge on any atom is -0.493 e. The van der Waals surface area contributed by atoms with E-state index in [0.717, 1.165) is 0 Å². The molecule has 1 N–H and O–H groups in total. The van der Waals surface area contributed by atoms with Gasteiger partial charge in [-0.15, -0.1) is 0 Å². The Labute approximate surface area is 150 Å². The first-order valence-corrected chi connectivity index (χ1v) is 7.83. The minimum atomic E-state index is -1.02. The molecular weight excluding hydrogens is 342 g/mol. The molecule has 0 unspecified atom stereocenters.